The maximum atomic E-state index is 9.63. The van der Waals surface area contributed by atoms with Crippen LogP contribution in [-0.2, 0) is 4.57 Å². The Labute approximate surface area is 47.6 Å². The molecule has 5 heteroatoms. The minimum atomic E-state index is -2.44. The molecule has 0 heterocycles. The molecule has 3 nitrogen and oxygen atoms in total. The molecule has 0 aliphatic carbocycles. The SMILES string of the molecule is O=[P+]([O-])NCCCl. The minimum absolute atomic E-state index is 0.320. The van der Waals surface area contributed by atoms with Crippen molar-refractivity contribution in [2.75, 3.05) is 12.4 Å². The summed E-state index contributed by atoms with van der Waals surface area (Å²) in [6, 6.07) is 0. The summed E-state index contributed by atoms with van der Waals surface area (Å²) >= 11 is 5.12. The van der Waals surface area contributed by atoms with Crippen molar-refractivity contribution in [3.8, 4) is 0 Å². The molecule has 7 heavy (non-hydrogen) atoms. The molecule has 42 valence electrons. The molecule has 0 fully saturated rings. The lowest BCUT2D eigenvalue weighted by molar-refractivity contribution is -0.167. The van der Waals surface area contributed by atoms with Crippen LogP contribution in [-0.4, -0.2) is 12.4 Å². The zero-order chi connectivity index (χ0) is 5.70. The van der Waals surface area contributed by atoms with Crippen LogP contribution in [0.4, 0.5) is 0 Å². The fourth-order valence-electron chi connectivity index (χ4n) is 0.134. The number of halogens is 1. The lowest BCUT2D eigenvalue weighted by atomic mass is 10.8. The van der Waals surface area contributed by atoms with Gasteiger partial charge in [-0.1, -0.05) is 4.57 Å². The molecule has 1 unspecified atom stereocenters. The molecule has 1 atom stereocenters. The van der Waals surface area contributed by atoms with E-state index >= 15 is 0 Å². The van der Waals surface area contributed by atoms with Crippen LogP contribution in [0.2, 0.25) is 0 Å². The normalized spacial score (nSPS) is 11.4. The fourth-order valence-corrected chi connectivity index (χ4v) is 0.654. The zero-order valence-electron chi connectivity index (χ0n) is 3.56. The maximum Gasteiger partial charge on any atom is 0.408 e. The monoisotopic (exact) mass is 141 g/mol. The van der Waals surface area contributed by atoms with Gasteiger partial charge in [0, 0.05) is 5.88 Å². The average Bonchev–Trinajstić information content (AvgIpc) is 1.61. The summed E-state index contributed by atoms with van der Waals surface area (Å²) in [7, 11) is -2.44. The third kappa shape index (κ3) is 6.31. The van der Waals surface area contributed by atoms with Gasteiger partial charge in [0.25, 0.3) is 0 Å². The van der Waals surface area contributed by atoms with E-state index in [4.69, 9.17) is 11.6 Å². The largest absolute Gasteiger partial charge is 0.578 e. The Morgan fingerprint density at radius 1 is 1.86 bits per heavy atom. The molecule has 0 amide bonds. The van der Waals surface area contributed by atoms with Gasteiger partial charge < -0.3 is 4.89 Å². The van der Waals surface area contributed by atoms with E-state index < -0.39 is 8.18 Å². The quantitative estimate of drug-likeness (QED) is 0.439. The Morgan fingerprint density at radius 2 is 2.43 bits per heavy atom. The van der Waals surface area contributed by atoms with Gasteiger partial charge in [0.2, 0.25) is 0 Å². The molecule has 0 aliphatic rings. The Hall–Kier alpha value is 0.310. The van der Waals surface area contributed by atoms with Crippen LogP contribution in [0.5, 0.6) is 0 Å². The van der Waals surface area contributed by atoms with E-state index in [1.54, 1.807) is 0 Å². The van der Waals surface area contributed by atoms with Gasteiger partial charge in [0.1, 0.15) is 0 Å². The van der Waals surface area contributed by atoms with Crippen LogP contribution in [0.1, 0.15) is 0 Å². The Morgan fingerprint density at radius 3 is 2.57 bits per heavy atom. The molecule has 0 aromatic heterocycles. The summed E-state index contributed by atoms with van der Waals surface area (Å²) in [6.45, 7) is 0.320. The topological polar surface area (TPSA) is 52.2 Å². The van der Waals surface area contributed by atoms with Crippen LogP contribution in [0.3, 0.4) is 0 Å². The van der Waals surface area contributed by atoms with Crippen LogP contribution in [0, 0.1) is 0 Å². The van der Waals surface area contributed by atoms with Crippen molar-refractivity contribution in [2.45, 2.75) is 0 Å². The molecular formula is C2H5ClNO2P. The summed E-state index contributed by atoms with van der Waals surface area (Å²) in [5.41, 5.74) is 0. The van der Waals surface area contributed by atoms with Crippen molar-refractivity contribution in [1.29, 1.82) is 0 Å². The summed E-state index contributed by atoms with van der Waals surface area (Å²) in [5.74, 6) is 0.323. The van der Waals surface area contributed by atoms with Crippen LogP contribution in [0.25, 0.3) is 0 Å². The number of rotatable bonds is 3. The summed E-state index contributed by atoms with van der Waals surface area (Å²) in [5, 5.41) is 2.12. The third-order valence-electron chi connectivity index (χ3n) is 0.335. The molecule has 0 aromatic carbocycles. The molecule has 1 N–H and O–H groups in total. The van der Waals surface area contributed by atoms with Crippen LogP contribution >= 0.6 is 19.8 Å². The molecule has 0 rings (SSSR count). The highest BCUT2D eigenvalue weighted by molar-refractivity contribution is 7.33. The minimum Gasteiger partial charge on any atom is -0.578 e. The number of hydrogen-bond acceptors (Lipinski definition) is 2. The van der Waals surface area contributed by atoms with E-state index in [0.717, 1.165) is 0 Å². The van der Waals surface area contributed by atoms with E-state index in [1.165, 1.54) is 0 Å². The lowest BCUT2D eigenvalue weighted by Gasteiger charge is -1.84. The highest BCUT2D eigenvalue weighted by atomic mass is 35.5. The van der Waals surface area contributed by atoms with Crippen molar-refractivity contribution >= 4 is 19.8 Å². The van der Waals surface area contributed by atoms with Crippen molar-refractivity contribution < 1.29 is 9.46 Å². The first-order valence-electron chi connectivity index (χ1n) is 1.71. The Bertz CT molecular complexity index is 68.7. The second-order valence-corrected chi connectivity index (χ2v) is 2.06. The molecule has 0 saturated carbocycles. The summed E-state index contributed by atoms with van der Waals surface area (Å²) in [6.07, 6.45) is 0. The summed E-state index contributed by atoms with van der Waals surface area (Å²) in [4.78, 5) is 9.63. The highest BCUT2D eigenvalue weighted by Gasteiger charge is 1.92. The predicted octanol–water partition coefficient (Wildman–Crippen LogP) is -0.168. The third-order valence-corrected chi connectivity index (χ3v) is 1.01. The standard InChI is InChI=1S/C2H5ClNO2P/c3-1-2-4-7(5)6/h1-2H2,(H,4,5,6). The van der Waals surface area contributed by atoms with E-state index in [2.05, 4.69) is 5.09 Å². The zero-order valence-corrected chi connectivity index (χ0v) is 5.21. The number of nitrogens with one attached hydrogen (secondary N) is 1. The number of alkyl halides is 1. The maximum absolute atomic E-state index is 9.63. The van der Waals surface area contributed by atoms with Gasteiger partial charge in [-0.15, -0.1) is 16.7 Å². The van der Waals surface area contributed by atoms with Crippen LogP contribution < -0.4 is 9.98 Å². The van der Waals surface area contributed by atoms with Gasteiger partial charge in [-0.2, -0.15) is 0 Å². The van der Waals surface area contributed by atoms with Crippen molar-refractivity contribution in [3.63, 3.8) is 0 Å². The fraction of sp³-hybridized carbons (Fsp3) is 1.00. The molecule has 0 saturated heterocycles. The second kappa shape index (κ2) is 4.47. The van der Waals surface area contributed by atoms with Gasteiger partial charge in [0.05, 0.1) is 6.54 Å². The lowest BCUT2D eigenvalue weighted by Crippen LogP contribution is -2.11. The molecule has 0 spiro atoms. The summed E-state index contributed by atoms with van der Waals surface area (Å²) < 4.78 is 9.63. The number of hydrogen-bond donors (Lipinski definition) is 1. The average molecular weight is 141 g/mol. The predicted molar refractivity (Wildman–Crippen MR) is 26.3 cm³/mol. The van der Waals surface area contributed by atoms with Crippen molar-refractivity contribution in [2.24, 2.45) is 0 Å². The smallest absolute Gasteiger partial charge is 0.408 e. The van der Waals surface area contributed by atoms with Gasteiger partial charge in [-0.25, -0.2) is 0 Å². The first-order valence-corrected chi connectivity index (χ1v) is 3.42. The van der Waals surface area contributed by atoms with Crippen LogP contribution in [0.15, 0.2) is 0 Å². The van der Waals surface area contributed by atoms with E-state index in [0.29, 0.717) is 12.4 Å². The van der Waals surface area contributed by atoms with Crippen molar-refractivity contribution in [3.05, 3.63) is 0 Å². The van der Waals surface area contributed by atoms with Gasteiger partial charge in [-0.05, 0) is 0 Å². The molecule has 0 aliphatic heterocycles. The van der Waals surface area contributed by atoms with E-state index in [-0.39, 0.29) is 0 Å². The Kier molecular flexibility index (Phi) is 4.67. The van der Waals surface area contributed by atoms with E-state index in [1.807, 2.05) is 0 Å². The van der Waals surface area contributed by atoms with Gasteiger partial charge in [-0.3, -0.25) is 0 Å². The molecular weight excluding hydrogens is 136 g/mol. The van der Waals surface area contributed by atoms with Gasteiger partial charge in [0.15, 0.2) is 0 Å². The van der Waals surface area contributed by atoms with Gasteiger partial charge >= 0.3 is 8.18 Å². The highest BCUT2D eigenvalue weighted by Crippen LogP contribution is 1.94. The molecule has 0 bridgehead atoms. The van der Waals surface area contributed by atoms with E-state index in [9.17, 15) is 9.46 Å². The molecule has 0 radical (unpaired) electrons. The first kappa shape index (κ1) is 7.31. The first-order chi connectivity index (χ1) is 3.27. The molecule has 0 aromatic rings. The second-order valence-electron chi connectivity index (χ2n) is 0.854. The van der Waals surface area contributed by atoms with Crippen molar-refractivity contribution in [1.82, 2.24) is 5.09 Å². The Balaban J connectivity index is 2.82.